The fourth-order valence-electron chi connectivity index (χ4n) is 7.66. The van der Waals surface area contributed by atoms with E-state index in [-0.39, 0.29) is 37.5 Å². The Hall–Kier alpha value is -2.63. The summed E-state index contributed by atoms with van der Waals surface area (Å²) in [6, 6.07) is 0. The number of hydrogen-bond acceptors (Lipinski definition) is 6. The van der Waals surface area contributed by atoms with Crippen LogP contribution in [0, 0.1) is 0 Å². The van der Waals surface area contributed by atoms with Crippen molar-refractivity contribution in [3.8, 4) is 0 Å². The zero-order valence-corrected chi connectivity index (χ0v) is 41.8. The maximum atomic E-state index is 12.8. The van der Waals surface area contributed by atoms with Crippen molar-refractivity contribution < 1.29 is 28.6 Å². The Bertz CT molecular complexity index is 1110. The van der Waals surface area contributed by atoms with Crippen LogP contribution in [0.5, 0.6) is 0 Å². The molecule has 0 saturated carbocycles. The van der Waals surface area contributed by atoms with Gasteiger partial charge in [-0.05, 0) is 89.9 Å². The zero-order chi connectivity index (χ0) is 45.8. The van der Waals surface area contributed by atoms with Crippen LogP contribution < -0.4 is 0 Å². The van der Waals surface area contributed by atoms with Crippen molar-refractivity contribution in [1.29, 1.82) is 0 Å². The monoisotopic (exact) mass is 883 g/mol. The molecule has 6 heteroatoms. The molecule has 0 radical (unpaired) electrons. The summed E-state index contributed by atoms with van der Waals surface area (Å²) in [6.45, 7) is 6.57. The summed E-state index contributed by atoms with van der Waals surface area (Å²) >= 11 is 0. The average molecular weight is 883 g/mol. The molecule has 0 aromatic rings. The molecule has 1 unspecified atom stereocenters. The Morgan fingerprint density at radius 2 is 0.603 bits per heavy atom. The van der Waals surface area contributed by atoms with Crippen LogP contribution in [0.25, 0.3) is 0 Å². The number of carbonyl (C=O) groups excluding carboxylic acids is 3. The molecule has 0 aliphatic carbocycles. The Morgan fingerprint density at radius 3 is 1.00 bits per heavy atom. The van der Waals surface area contributed by atoms with Gasteiger partial charge in [0.2, 0.25) is 0 Å². The molecule has 0 amide bonds. The largest absolute Gasteiger partial charge is 0.462 e. The molecule has 1 atom stereocenters. The Labute approximate surface area is 390 Å². The Morgan fingerprint density at radius 1 is 0.317 bits per heavy atom. The van der Waals surface area contributed by atoms with Gasteiger partial charge in [0.05, 0.1) is 0 Å². The summed E-state index contributed by atoms with van der Waals surface area (Å²) in [5.74, 6) is -0.986. The predicted octanol–water partition coefficient (Wildman–Crippen LogP) is 17.9. The summed E-state index contributed by atoms with van der Waals surface area (Å²) in [5, 5.41) is 0. The minimum absolute atomic E-state index is 0.0995. The number of unbranched alkanes of at least 4 members (excludes halogenated alkanes) is 30. The zero-order valence-electron chi connectivity index (χ0n) is 41.8. The van der Waals surface area contributed by atoms with Gasteiger partial charge in [-0.1, -0.05) is 217 Å². The molecule has 0 aromatic carbocycles. The lowest BCUT2D eigenvalue weighted by Crippen LogP contribution is -2.30. The minimum Gasteiger partial charge on any atom is -0.462 e. The third-order valence-electron chi connectivity index (χ3n) is 11.8. The second-order valence-corrected chi connectivity index (χ2v) is 18.1. The van der Waals surface area contributed by atoms with Crippen LogP contribution in [-0.4, -0.2) is 37.2 Å². The topological polar surface area (TPSA) is 78.9 Å². The van der Waals surface area contributed by atoms with E-state index in [2.05, 4.69) is 63.3 Å². The fraction of sp³-hybridized carbons (Fsp3) is 0.807. The highest BCUT2D eigenvalue weighted by Gasteiger charge is 2.19. The summed E-state index contributed by atoms with van der Waals surface area (Å²) in [5.41, 5.74) is 0. The fourth-order valence-corrected chi connectivity index (χ4v) is 7.66. The van der Waals surface area contributed by atoms with Gasteiger partial charge in [0.25, 0.3) is 0 Å². The molecular weight excluding hydrogens is 781 g/mol. The lowest BCUT2D eigenvalue weighted by molar-refractivity contribution is -0.166. The van der Waals surface area contributed by atoms with Crippen LogP contribution in [0.3, 0.4) is 0 Å². The van der Waals surface area contributed by atoms with Crippen LogP contribution in [0.4, 0.5) is 0 Å². The minimum atomic E-state index is -0.805. The predicted molar refractivity (Wildman–Crippen MR) is 270 cm³/mol. The van der Waals surface area contributed by atoms with E-state index in [9.17, 15) is 14.4 Å². The first-order valence-electron chi connectivity index (χ1n) is 27.1. The quantitative estimate of drug-likeness (QED) is 0.0262. The van der Waals surface area contributed by atoms with E-state index in [0.717, 1.165) is 70.6 Å². The lowest BCUT2D eigenvalue weighted by atomic mass is 10.1. The molecule has 0 fully saturated rings. The normalized spacial score (nSPS) is 12.4. The SMILES string of the molecule is CCCCCCCC/C=C/C/C=C/CCC(=O)OCC(COC(=O)CCCCCCC/C=C/CCCCCCCCCCC)OC(=O)CCCCC/C=C/CCCCCCCCC. The smallest absolute Gasteiger partial charge is 0.306 e. The average Bonchev–Trinajstić information content (AvgIpc) is 3.28. The van der Waals surface area contributed by atoms with E-state index in [1.54, 1.807) is 0 Å². The molecule has 0 heterocycles. The third-order valence-corrected chi connectivity index (χ3v) is 11.8. The van der Waals surface area contributed by atoms with Gasteiger partial charge in [0.1, 0.15) is 13.2 Å². The molecule has 0 rings (SSSR count). The highest BCUT2D eigenvalue weighted by molar-refractivity contribution is 5.71. The summed E-state index contributed by atoms with van der Waals surface area (Å²) in [4.78, 5) is 38.0. The second-order valence-electron chi connectivity index (χ2n) is 18.1. The maximum Gasteiger partial charge on any atom is 0.306 e. The van der Waals surface area contributed by atoms with Crippen molar-refractivity contribution in [3.63, 3.8) is 0 Å². The molecule has 0 N–H and O–H groups in total. The molecular formula is C57H102O6. The molecule has 0 aromatic heterocycles. The summed E-state index contributed by atoms with van der Waals surface area (Å²) in [6.07, 6.45) is 62.6. The van der Waals surface area contributed by atoms with Gasteiger partial charge in [-0.15, -0.1) is 0 Å². The van der Waals surface area contributed by atoms with Gasteiger partial charge >= 0.3 is 17.9 Å². The maximum absolute atomic E-state index is 12.8. The molecule has 366 valence electrons. The number of hydrogen-bond donors (Lipinski definition) is 0. The molecule has 0 spiro atoms. The van der Waals surface area contributed by atoms with Gasteiger partial charge in [-0.25, -0.2) is 0 Å². The highest BCUT2D eigenvalue weighted by atomic mass is 16.6. The summed E-state index contributed by atoms with van der Waals surface area (Å²) in [7, 11) is 0. The second kappa shape index (κ2) is 52.0. The van der Waals surface area contributed by atoms with Crippen LogP contribution >= 0.6 is 0 Å². The van der Waals surface area contributed by atoms with Crippen molar-refractivity contribution in [1.82, 2.24) is 0 Å². The lowest BCUT2D eigenvalue weighted by Gasteiger charge is -2.18. The number of carbonyl (C=O) groups is 3. The first kappa shape index (κ1) is 60.4. The molecule has 6 nitrogen and oxygen atoms in total. The van der Waals surface area contributed by atoms with Crippen molar-refractivity contribution in [2.24, 2.45) is 0 Å². The van der Waals surface area contributed by atoms with E-state index in [1.165, 1.54) is 161 Å². The Kier molecular flexibility index (Phi) is 49.8. The number of esters is 3. The third kappa shape index (κ3) is 50.2. The standard InChI is InChI=1S/C57H102O6/c1-4-7-10-13-16-19-22-25-27-28-29-30-33-35-38-41-44-47-50-56(59)62-53-54(52-61-55(58)49-46-43-40-37-34-31-24-21-18-15-12-9-6-3)63-57(60)51-48-45-42-39-36-32-26-23-20-17-14-11-8-5-2/h29-32,34,36,40,43,54H,4-28,33,35,37-39,41-42,44-53H2,1-3H3/b30-29+,34-31+,36-32+,43-40+. The number of ether oxygens (including phenoxy) is 3. The number of allylic oxidation sites excluding steroid dienone is 8. The first-order valence-corrected chi connectivity index (χ1v) is 27.1. The number of rotatable bonds is 49. The van der Waals surface area contributed by atoms with Crippen molar-refractivity contribution in [2.75, 3.05) is 13.2 Å². The van der Waals surface area contributed by atoms with Gasteiger partial charge in [0, 0.05) is 19.3 Å². The van der Waals surface area contributed by atoms with Crippen molar-refractivity contribution >= 4 is 17.9 Å². The molecule has 0 saturated heterocycles. The van der Waals surface area contributed by atoms with Gasteiger partial charge in [0.15, 0.2) is 6.10 Å². The van der Waals surface area contributed by atoms with E-state index < -0.39 is 6.10 Å². The van der Waals surface area contributed by atoms with Crippen molar-refractivity contribution in [3.05, 3.63) is 48.6 Å². The highest BCUT2D eigenvalue weighted by Crippen LogP contribution is 2.14. The van der Waals surface area contributed by atoms with Gasteiger partial charge < -0.3 is 14.2 Å². The van der Waals surface area contributed by atoms with Gasteiger partial charge in [-0.2, -0.15) is 0 Å². The molecule has 0 aliphatic heterocycles. The molecule has 0 bridgehead atoms. The Balaban J connectivity index is 4.42. The van der Waals surface area contributed by atoms with E-state index in [1.807, 2.05) is 6.08 Å². The molecule has 63 heavy (non-hydrogen) atoms. The van der Waals surface area contributed by atoms with E-state index in [4.69, 9.17) is 14.2 Å². The van der Waals surface area contributed by atoms with Crippen LogP contribution in [0.2, 0.25) is 0 Å². The van der Waals surface area contributed by atoms with Crippen LogP contribution in [0.1, 0.15) is 278 Å². The van der Waals surface area contributed by atoms with E-state index >= 15 is 0 Å². The van der Waals surface area contributed by atoms with Crippen molar-refractivity contribution in [2.45, 2.75) is 284 Å². The van der Waals surface area contributed by atoms with Gasteiger partial charge in [-0.3, -0.25) is 14.4 Å². The van der Waals surface area contributed by atoms with E-state index in [0.29, 0.717) is 19.3 Å². The van der Waals surface area contributed by atoms with Crippen LogP contribution in [-0.2, 0) is 28.6 Å². The first-order chi connectivity index (χ1) is 31.0. The molecule has 0 aliphatic rings. The van der Waals surface area contributed by atoms with Crippen LogP contribution in [0.15, 0.2) is 48.6 Å². The summed E-state index contributed by atoms with van der Waals surface area (Å²) < 4.78 is 16.7.